The molecule has 3 heterocycles. The first kappa shape index (κ1) is 19.1. The van der Waals surface area contributed by atoms with E-state index in [9.17, 15) is 4.79 Å². The largest absolute Gasteiger partial charge is 0.467 e. The predicted octanol–water partition coefficient (Wildman–Crippen LogP) is 4.15. The van der Waals surface area contributed by atoms with Gasteiger partial charge in [0.2, 0.25) is 11.7 Å². The average Bonchev–Trinajstić information content (AvgIpc) is 3.49. The van der Waals surface area contributed by atoms with Crippen molar-refractivity contribution in [3.8, 4) is 11.6 Å². The number of carbonyl (C=O) groups excluding carboxylic acids is 1. The second kappa shape index (κ2) is 8.83. The number of nitrogens with zero attached hydrogens (tertiary/aromatic N) is 3. The van der Waals surface area contributed by atoms with E-state index in [4.69, 9.17) is 8.83 Å². The zero-order chi connectivity index (χ0) is 20.1. The summed E-state index contributed by atoms with van der Waals surface area (Å²) in [5.74, 6) is 2.10. The molecule has 0 aliphatic rings. The van der Waals surface area contributed by atoms with Crippen LogP contribution in [0, 0.1) is 0 Å². The van der Waals surface area contributed by atoms with Crippen LogP contribution in [-0.2, 0) is 11.3 Å². The number of amides is 1. The van der Waals surface area contributed by atoms with E-state index in [0.717, 1.165) is 11.3 Å². The minimum atomic E-state index is -0.195. The molecule has 1 amide bonds. The zero-order valence-electron chi connectivity index (χ0n) is 15.8. The number of carbonyl (C=O) groups is 1. The Balaban J connectivity index is 1.48. The second-order valence-electron chi connectivity index (χ2n) is 6.45. The van der Waals surface area contributed by atoms with Gasteiger partial charge in [0, 0.05) is 0 Å². The number of hydrogen-bond acceptors (Lipinski definition) is 6. The minimum Gasteiger partial charge on any atom is -0.467 e. The number of hydrogen-bond donors (Lipinski definition) is 1. The van der Waals surface area contributed by atoms with Gasteiger partial charge in [-0.2, -0.15) is 0 Å². The zero-order valence-corrected chi connectivity index (χ0v) is 16.6. The van der Waals surface area contributed by atoms with Gasteiger partial charge in [0.25, 0.3) is 0 Å². The van der Waals surface area contributed by atoms with Crippen LogP contribution in [0.5, 0.6) is 0 Å². The molecule has 29 heavy (non-hydrogen) atoms. The normalized spacial score (nSPS) is 12.0. The molecule has 7 nitrogen and oxygen atoms in total. The molecule has 1 N–H and O–H groups in total. The number of rotatable bonds is 8. The standard InChI is InChI=1S/C21H20N4O3S/c1-15(17-9-5-11-27-17)22-19(26)14-29-21-24-23-20(18-10-6-12-28-18)25(21)13-16-7-3-2-4-8-16/h2-12,15H,13-14H2,1H3,(H,22,26)/t15-/m1/s1. The Hall–Kier alpha value is -3.26. The third-order valence-electron chi connectivity index (χ3n) is 4.32. The third-order valence-corrected chi connectivity index (χ3v) is 5.29. The number of nitrogens with one attached hydrogen (secondary N) is 1. The molecule has 1 atom stereocenters. The molecule has 0 aliphatic carbocycles. The van der Waals surface area contributed by atoms with E-state index in [-0.39, 0.29) is 17.7 Å². The number of thioether (sulfide) groups is 1. The first-order valence-electron chi connectivity index (χ1n) is 9.17. The van der Waals surface area contributed by atoms with Crippen molar-refractivity contribution in [2.75, 3.05) is 5.75 Å². The lowest BCUT2D eigenvalue weighted by Gasteiger charge is -2.12. The maximum Gasteiger partial charge on any atom is 0.231 e. The fourth-order valence-electron chi connectivity index (χ4n) is 2.91. The Morgan fingerprint density at radius 2 is 1.86 bits per heavy atom. The molecule has 0 saturated carbocycles. The quantitative estimate of drug-likeness (QED) is 0.441. The maximum atomic E-state index is 12.4. The molecular formula is C21H20N4O3S. The Morgan fingerprint density at radius 1 is 1.07 bits per heavy atom. The highest BCUT2D eigenvalue weighted by atomic mass is 32.2. The summed E-state index contributed by atoms with van der Waals surface area (Å²) in [7, 11) is 0. The van der Waals surface area contributed by atoms with Crippen molar-refractivity contribution in [2.24, 2.45) is 0 Å². The molecule has 1 aromatic carbocycles. The van der Waals surface area contributed by atoms with Gasteiger partial charge in [-0.15, -0.1) is 10.2 Å². The molecular weight excluding hydrogens is 388 g/mol. The van der Waals surface area contributed by atoms with Crippen LogP contribution < -0.4 is 5.32 Å². The summed E-state index contributed by atoms with van der Waals surface area (Å²) in [5.41, 5.74) is 1.11. The van der Waals surface area contributed by atoms with Crippen LogP contribution >= 0.6 is 11.8 Å². The van der Waals surface area contributed by atoms with Gasteiger partial charge in [0.1, 0.15) is 5.76 Å². The highest BCUT2D eigenvalue weighted by molar-refractivity contribution is 7.99. The molecule has 0 aliphatic heterocycles. The molecule has 3 aromatic heterocycles. The van der Waals surface area contributed by atoms with Gasteiger partial charge >= 0.3 is 0 Å². The molecule has 148 valence electrons. The van der Waals surface area contributed by atoms with Crippen LogP contribution in [0.25, 0.3) is 11.6 Å². The highest BCUT2D eigenvalue weighted by Crippen LogP contribution is 2.25. The van der Waals surface area contributed by atoms with E-state index >= 15 is 0 Å². The Kier molecular flexibility index (Phi) is 5.81. The summed E-state index contributed by atoms with van der Waals surface area (Å²) < 4.78 is 12.8. The lowest BCUT2D eigenvalue weighted by Crippen LogP contribution is -2.28. The third kappa shape index (κ3) is 4.60. The maximum absolute atomic E-state index is 12.4. The number of aromatic nitrogens is 3. The number of benzene rings is 1. The molecule has 0 unspecified atom stereocenters. The Morgan fingerprint density at radius 3 is 2.59 bits per heavy atom. The summed E-state index contributed by atoms with van der Waals surface area (Å²) in [6.07, 6.45) is 3.20. The Bertz CT molecular complexity index is 1040. The van der Waals surface area contributed by atoms with Crippen molar-refractivity contribution >= 4 is 17.7 Å². The SMILES string of the molecule is C[C@@H](NC(=O)CSc1nnc(-c2ccco2)n1Cc1ccccc1)c1ccco1. The van der Waals surface area contributed by atoms with E-state index in [1.54, 1.807) is 18.6 Å². The van der Waals surface area contributed by atoms with Crippen molar-refractivity contribution < 1.29 is 13.6 Å². The lowest BCUT2D eigenvalue weighted by molar-refractivity contribution is -0.119. The molecule has 0 fully saturated rings. The topological polar surface area (TPSA) is 86.1 Å². The van der Waals surface area contributed by atoms with Crippen LogP contribution in [0.2, 0.25) is 0 Å². The van der Waals surface area contributed by atoms with Crippen molar-refractivity contribution in [1.29, 1.82) is 0 Å². The predicted molar refractivity (Wildman–Crippen MR) is 109 cm³/mol. The number of furan rings is 2. The van der Waals surface area contributed by atoms with Crippen LogP contribution in [0.15, 0.2) is 81.1 Å². The van der Waals surface area contributed by atoms with Gasteiger partial charge in [-0.25, -0.2) is 0 Å². The van der Waals surface area contributed by atoms with E-state index in [0.29, 0.717) is 23.3 Å². The summed E-state index contributed by atoms with van der Waals surface area (Å²) >= 11 is 1.34. The fraction of sp³-hybridized carbons (Fsp3) is 0.190. The van der Waals surface area contributed by atoms with Crippen LogP contribution in [0.4, 0.5) is 0 Å². The van der Waals surface area contributed by atoms with Crippen LogP contribution in [-0.4, -0.2) is 26.4 Å². The smallest absolute Gasteiger partial charge is 0.231 e. The first-order valence-corrected chi connectivity index (χ1v) is 10.2. The van der Waals surface area contributed by atoms with E-state index in [1.165, 1.54) is 11.8 Å². The molecule has 4 rings (SSSR count). The Labute approximate surface area is 172 Å². The van der Waals surface area contributed by atoms with E-state index in [2.05, 4.69) is 15.5 Å². The molecule has 0 bridgehead atoms. The van der Waals surface area contributed by atoms with Crippen LogP contribution in [0.1, 0.15) is 24.3 Å². The van der Waals surface area contributed by atoms with Gasteiger partial charge in [0.15, 0.2) is 10.9 Å². The fourth-order valence-corrected chi connectivity index (χ4v) is 3.66. The van der Waals surface area contributed by atoms with Crippen molar-refractivity contribution in [1.82, 2.24) is 20.1 Å². The van der Waals surface area contributed by atoms with Crippen molar-refractivity contribution in [3.63, 3.8) is 0 Å². The summed E-state index contributed by atoms with van der Waals surface area (Å²) in [5, 5.41) is 12.2. The first-order chi connectivity index (χ1) is 14.2. The van der Waals surface area contributed by atoms with Gasteiger partial charge < -0.3 is 14.2 Å². The molecule has 8 heteroatoms. The molecule has 0 saturated heterocycles. The minimum absolute atomic E-state index is 0.104. The monoisotopic (exact) mass is 408 g/mol. The average molecular weight is 408 g/mol. The molecule has 0 spiro atoms. The van der Waals surface area contributed by atoms with Crippen LogP contribution in [0.3, 0.4) is 0 Å². The highest BCUT2D eigenvalue weighted by Gasteiger charge is 2.19. The van der Waals surface area contributed by atoms with Gasteiger partial charge in [-0.05, 0) is 36.8 Å². The summed E-state index contributed by atoms with van der Waals surface area (Å²) in [6.45, 7) is 2.46. The molecule has 4 aromatic rings. The van der Waals surface area contributed by atoms with Crippen molar-refractivity contribution in [2.45, 2.75) is 24.7 Å². The van der Waals surface area contributed by atoms with E-state index < -0.39 is 0 Å². The van der Waals surface area contributed by atoms with E-state index in [1.807, 2.05) is 60.0 Å². The van der Waals surface area contributed by atoms with Gasteiger partial charge in [-0.3, -0.25) is 9.36 Å². The van der Waals surface area contributed by atoms with Crippen molar-refractivity contribution in [3.05, 3.63) is 78.4 Å². The molecule has 0 radical (unpaired) electrons. The summed E-state index contributed by atoms with van der Waals surface area (Å²) in [6, 6.07) is 17.1. The van der Waals surface area contributed by atoms with Gasteiger partial charge in [0.05, 0.1) is 30.9 Å². The summed E-state index contributed by atoms with van der Waals surface area (Å²) in [4.78, 5) is 12.4. The lowest BCUT2D eigenvalue weighted by atomic mass is 10.2. The van der Waals surface area contributed by atoms with Gasteiger partial charge in [-0.1, -0.05) is 42.1 Å². The second-order valence-corrected chi connectivity index (χ2v) is 7.39.